The van der Waals surface area contributed by atoms with Crippen LogP contribution in [0.2, 0.25) is 0 Å². The molecule has 23 heavy (non-hydrogen) atoms. The van der Waals surface area contributed by atoms with Gasteiger partial charge in [-0.1, -0.05) is 0 Å². The molecule has 1 amide bonds. The summed E-state index contributed by atoms with van der Waals surface area (Å²) >= 11 is 1.58. The van der Waals surface area contributed by atoms with Gasteiger partial charge in [0, 0.05) is 17.5 Å². The van der Waals surface area contributed by atoms with Crippen LogP contribution in [0.3, 0.4) is 0 Å². The van der Waals surface area contributed by atoms with Crippen LogP contribution in [0, 0.1) is 6.20 Å². The average molecular weight is 329 g/mol. The van der Waals surface area contributed by atoms with Crippen molar-refractivity contribution >= 4 is 35.4 Å². The number of hydrogen-bond acceptors (Lipinski definition) is 6. The zero-order valence-corrected chi connectivity index (χ0v) is 13.1. The lowest BCUT2D eigenvalue weighted by Gasteiger charge is -2.43. The van der Waals surface area contributed by atoms with Gasteiger partial charge in [-0.15, -0.1) is 11.8 Å². The van der Waals surface area contributed by atoms with E-state index in [0.717, 1.165) is 12.2 Å². The number of β-lactam (4-membered cyclic amide) rings is 1. The van der Waals surface area contributed by atoms with Gasteiger partial charge in [-0.05, 0) is 18.2 Å². The van der Waals surface area contributed by atoms with Crippen molar-refractivity contribution in [3.63, 3.8) is 0 Å². The minimum absolute atomic E-state index is 0.0370. The van der Waals surface area contributed by atoms with E-state index in [1.54, 1.807) is 11.8 Å². The van der Waals surface area contributed by atoms with E-state index >= 15 is 0 Å². The summed E-state index contributed by atoms with van der Waals surface area (Å²) in [5, 5.41) is 13.6. The number of carbonyl (C=O) groups is 2. The Kier molecular flexibility index (Phi) is 4.23. The van der Waals surface area contributed by atoms with Gasteiger partial charge in [-0.3, -0.25) is 15.0 Å². The molecule has 0 unspecified atom stereocenters. The number of benzene rings is 1. The number of fused-ring (bicyclic) bond motifs is 2. The number of hydrogen-bond donors (Lipinski definition) is 2. The van der Waals surface area contributed by atoms with Gasteiger partial charge in [-0.25, -0.2) is 0 Å². The Morgan fingerprint density at radius 3 is 3.00 bits per heavy atom. The van der Waals surface area contributed by atoms with Crippen LogP contribution < -0.4 is 16.2 Å². The van der Waals surface area contributed by atoms with Crippen molar-refractivity contribution in [1.82, 2.24) is 10.2 Å². The summed E-state index contributed by atoms with van der Waals surface area (Å²) in [5.74, 6) is -0.728. The van der Waals surface area contributed by atoms with Gasteiger partial charge in [0.15, 0.2) is 12.3 Å². The van der Waals surface area contributed by atoms with Crippen LogP contribution in [-0.2, 0) is 16.1 Å². The largest absolute Gasteiger partial charge is 0.543 e. The second kappa shape index (κ2) is 6.32. The number of nitrogens with one attached hydrogen (secondary N) is 1. The lowest BCUT2D eigenvalue weighted by Crippen LogP contribution is -2.54. The molecule has 3 aliphatic heterocycles. The van der Waals surface area contributed by atoms with Crippen molar-refractivity contribution in [2.75, 3.05) is 11.5 Å². The van der Waals surface area contributed by atoms with Gasteiger partial charge in [0.2, 0.25) is 5.91 Å². The minimum atomic E-state index is -1.26. The van der Waals surface area contributed by atoms with Crippen LogP contribution >= 0.6 is 11.8 Å². The minimum Gasteiger partial charge on any atom is -0.543 e. The molecule has 3 aliphatic rings. The molecule has 1 aromatic carbocycles. The Hall–Kier alpha value is -2.50. The number of aliphatic carboxylic acids is 1. The van der Waals surface area contributed by atoms with E-state index in [9.17, 15) is 14.7 Å². The summed E-state index contributed by atoms with van der Waals surface area (Å²) in [6.45, 7) is 0.830. The summed E-state index contributed by atoms with van der Waals surface area (Å²) in [6, 6.07) is 5.90. The Morgan fingerprint density at radius 2 is 2.30 bits per heavy atom. The lowest BCUT2D eigenvalue weighted by molar-refractivity contribution is -0.301. The van der Waals surface area contributed by atoms with Crippen LogP contribution in [0.25, 0.3) is 6.08 Å². The maximum Gasteiger partial charge on any atom is 0.230 e. The Bertz CT molecular complexity index is 715. The number of nitrogen functional groups attached to an aromatic ring is 1. The topological polar surface area (TPSA) is 98.5 Å². The Morgan fingerprint density at radius 1 is 1.48 bits per heavy atom. The highest BCUT2D eigenvalue weighted by atomic mass is 32.2. The molecule has 3 N–H and O–H groups in total. The summed E-state index contributed by atoms with van der Waals surface area (Å²) in [4.78, 5) is 22.8. The predicted molar refractivity (Wildman–Crippen MR) is 86.2 cm³/mol. The second-order valence-corrected chi connectivity index (χ2v) is 6.44. The summed E-state index contributed by atoms with van der Waals surface area (Å²) < 4.78 is 0. The first-order valence-corrected chi connectivity index (χ1v) is 8.16. The molecular formula is C16H15N3O3S. The molecule has 6 nitrogen and oxygen atoms in total. The number of rotatable bonds is 1. The summed E-state index contributed by atoms with van der Waals surface area (Å²) in [7, 11) is 0. The van der Waals surface area contributed by atoms with E-state index < -0.39 is 5.97 Å². The van der Waals surface area contributed by atoms with Crippen LogP contribution in [-0.4, -0.2) is 27.9 Å². The van der Waals surface area contributed by atoms with Crippen molar-refractivity contribution in [2.45, 2.75) is 18.3 Å². The third-order valence-electron chi connectivity index (χ3n) is 3.72. The van der Waals surface area contributed by atoms with Gasteiger partial charge >= 0.3 is 0 Å². The maximum atomic E-state index is 11.0. The molecule has 7 heteroatoms. The van der Waals surface area contributed by atoms with Crippen molar-refractivity contribution in [2.24, 2.45) is 0 Å². The zero-order valence-electron chi connectivity index (χ0n) is 12.2. The van der Waals surface area contributed by atoms with Crippen molar-refractivity contribution in [3.8, 4) is 0 Å². The van der Waals surface area contributed by atoms with E-state index in [0.29, 0.717) is 12.2 Å². The predicted octanol–water partition coefficient (Wildman–Crippen LogP) is 0.0713. The number of carboxylic acid groups (broad SMARTS) is 1. The van der Waals surface area contributed by atoms with E-state index in [-0.39, 0.29) is 17.0 Å². The molecule has 0 aliphatic carbocycles. The third kappa shape index (κ3) is 3.16. The fraction of sp³-hybridized carbons (Fsp3) is 0.250. The molecule has 0 radical (unpaired) electrons. The molecule has 3 heterocycles. The lowest BCUT2D eigenvalue weighted by atomic mass is 10.0. The highest BCUT2D eigenvalue weighted by Gasteiger charge is 2.40. The van der Waals surface area contributed by atoms with Crippen molar-refractivity contribution < 1.29 is 14.7 Å². The van der Waals surface area contributed by atoms with Crippen LogP contribution in [0.15, 0.2) is 30.0 Å². The first-order valence-electron chi connectivity index (χ1n) is 7.11. The number of nitrogens with two attached hydrogens (primary N) is 1. The molecule has 0 saturated carbocycles. The molecular weight excluding hydrogens is 314 g/mol. The van der Waals surface area contributed by atoms with E-state index in [1.807, 2.05) is 24.3 Å². The fourth-order valence-electron chi connectivity index (χ4n) is 2.52. The molecule has 0 aromatic heterocycles. The number of amides is 1. The monoisotopic (exact) mass is 329 g/mol. The quantitative estimate of drug-likeness (QED) is 0.430. The number of nitrogens with zero attached hydrogens (tertiary/aromatic N) is 1. The molecule has 1 fully saturated rings. The van der Waals surface area contributed by atoms with Crippen LogP contribution in [0.4, 0.5) is 5.69 Å². The average Bonchev–Trinajstić information content (AvgIpc) is 2.53. The number of carbonyl (C=O) groups excluding carboxylic acids is 2. The molecule has 1 atom stereocenters. The van der Waals surface area contributed by atoms with Crippen LogP contribution in [0.5, 0.6) is 0 Å². The molecule has 118 valence electrons. The number of thioether (sulfide) groups is 1. The van der Waals surface area contributed by atoms with Crippen molar-refractivity contribution in [3.05, 3.63) is 47.3 Å². The van der Waals surface area contributed by atoms with Gasteiger partial charge < -0.3 is 15.6 Å². The molecule has 0 bridgehead atoms. The van der Waals surface area contributed by atoms with Crippen molar-refractivity contribution in [1.29, 1.82) is 0 Å². The Labute approximate surface area is 138 Å². The highest BCUT2D eigenvalue weighted by molar-refractivity contribution is 8.00. The summed E-state index contributed by atoms with van der Waals surface area (Å²) in [6.07, 6.45) is 6.85. The maximum absolute atomic E-state index is 11.0. The van der Waals surface area contributed by atoms with Gasteiger partial charge in [0.25, 0.3) is 0 Å². The Balaban J connectivity index is 0.000000136. The van der Waals surface area contributed by atoms with Gasteiger partial charge in [-0.2, -0.15) is 0 Å². The smallest absolute Gasteiger partial charge is 0.230 e. The second-order valence-electron chi connectivity index (χ2n) is 5.23. The first kappa shape index (κ1) is 15.4. The molecule has 1 aromatic rings. The SMILES string of the molecule is Nc1ccc2c(c1)CN[C+]=C2.O=C([O-])C1=CCS[C@H]2CC(=O)N12. The van der Waals surface area contributed by atoms with E-state index in [2.05, 4.69) is 11.5 Å². The number of carboxylic acids is 1. The van der Waals surface area contributed by atoms with Gasteiger partial charge in [0.1, 0.15) is 5.56 Å². The highest BCUT2D eigenvalue weighted by Crippen LogP contribution is 2.36. The molecule has 4 rings (SSSR count). The normalized spacial score (nSPS) is 20.5. The molecule has 1 saturated heterocycles. The summed E-state index contributed by atoms with van der Waals surface area (Å²) in [5.41, 5.74) is 8.92. The zero-order chi connectivity index (χ0) is 16.4. The first-order chi connectivity index (χ1) is 11.1. The van der Waals surface area contributed by atoms with Gasteiger partial charge in [0.05, 0.1) is 35.6 Å². The third-order valence-corrected chi connectivity index (χ3v) is 4.84. The van der Waals surface area contributed by atoms with E-state index in [4.69, 9.17) is 5.73 Å². The van der Waals surface area contributed by atoms with E-state index in [1.165, 1.54) is 22.1 Å². The standard InChI is InChI=1S/C9H9N2.C7H7NO3S/c10-9-2-1-7-3-4-11-6-8(7)5-9;9-5-3-6-8(5)4(7(10)11)1-2-12-6/h1-3,5,11H,6,10H2;1,6H,2-3H2,(H,10,11)/q+1;/p-1/t;6-/m.0/s1. The van der Waals surface area contributed by atoms with Crippen LogP contribution in [0.1, 0.15) is 17.5 Å². The number of anilines is 1. The molecule has 0 spiro atoms. The fourth-order valence-corrected chi connectivity index (χ4v) is 3.64.